The van der Waals surface area contributed by atoms with E-state index in [1.54, 1.807) is 0 Å². The van der Waals surface area contributed by atoms with Crippen LogP contribution in [-0.4, -0.2) is 21.3 Å². The maximum atomic E-state index is 4.55. The van der Waals surface area contributed by atoms with Crippen molar-refractivity contribution in [2.24, 2.45) is 11.8 Å². The van der Waals surface area contributed by atoms with Gasteiger partial charge in [0.1, 0.15) is 11.6 Å². The minimum atomic E-state index is 0.434. The minimum Gasteiger partial charge on any atom is -0.312 e. The highest BCUT2D eigenvalue weighted by Gasteiger charge is 2.55. The number of rotatable bonds is 3. The van der Waals surface area contributed by atoms with Crippen molar-refractivity contribution >= 4 is 0 Å². The zero-order valence-corrected chi connectivity index (χ0v) is 11.1. The molecule has 4 heteroatoms. The molecule has 1 aromatic rings. The normalized spacial score (nSPS) is 37.4. The minimum absolute atomic E-state index is 0.434. The van der Waals surface area contributed by atoms with Crippen LogP contribution in [0.5, 0.6) is 0 Å². The van der Waals surface area contributed by atoms with Crippen LogP contribution in [0.2, 0.25) is 0 Å². The summed E-state index contributed by atoms with van der Waals surface area (Å²) in [6.07, 6.45) is 6.67. The van der Waals surface area contributed by atoms with Crippen LogP contribution in [0.3, 0.4) is 0 Å². The van der Waals surface area contributed by atoms with Crippen LogP contribution in [0.4, 0.5) is 0 Å². The number of nitrogens with one attached hydrogen (secondary N) is 1. The molecule has 98 valence electrons. The van der Waals surface area contributed by atoms with Gasteiger partial charge in [-0.15, -0.1) is 10.2 Å². The fourth-order valence-electron chi connectivity index (χ4n) is 4.23. The van der Waals surface area contributed by atoms with Crippen LogP contribution >= 0.6 is 0 Å². The maximum Gasteiger partial charge on any atom is 0.150 e. The van der Waals surface area contributed by atoms with E-state index < -0.39 is 0 Å². The van der Waals surface area contributed by atoms with Gasteiger partial charge >= 0.3 is 0 Å². The molecule has 4 rings (SSSR count). The van der Waals surface area contributed by atoms with E-state index in [1.807, 2.05) is 0 Å². The largest absolute Gasteiger partial charge is 0.312 e. The lowest BCUT2D eigenvalue weighted by atomic mass is 10.1. The van der Waals surface area contributed by atoms with Crippen LogP contribution in [0.15, 0.2) is 0 Å². The molecule has 0 saturated heterocycles. The van der Waals surface area contributed by atoms with Crippen molar-refractivity contribution in [3.63, 3.8) is 0 Å². The number of aromatic nitrogens is 3. The summed E-state index contributed by atoms with van der Waals surface area (Å²) < 4.78 is 2.43. The molecule has 2 aliphatic carbocycles. The van der Waals surface area contributed by atoms with E-state index in [4.69, 9.17) is 0 Å². The molecule has 1 N–H and O–H groups in total. The van der Waals surface area contributed by atoms with Crippen LogP contribution in [0.1, 0.15) is 62.6 Å². The highest BCUT2D eigenvalue weighted by atomic mass is 15.3. The second kappa shape index (κ2) is 4.05. The monoisotopic (exact) mass is 246 g/mol. The van der Waals surface area contributed by atoms with Gasteiger partial charge in [0.15, 0.2) is 0 Å². The third-order valence-corrected chi connectivity index (χ3v) is 5.13. The molecule has 18 heavy (non-hydrogen) atoms. The van der Waals surface area contributed by atoms with Crippen molar-refractivity contribution < 1.29 is 0 Å². The molecule has 1 aromatic heterocycles. The first-order chi connectivity index (χ1) is 8.90. The molecule has 3 atom stereocenters. The highest BCUT2D eigenvalue weighted by Crippen LogP contribution is 2.62. The molecule has 2 saturated carbocycles. The van der Waals surface area contributed by atoms with Gasteiger partial charge in [-0.3, -0.25) is 0 Å². The Labute approximate surface area is 108 Å². The Morgan fingerprint density at radius 2 is 2.00 bits per heavy atom. The van der Waals surface area contributed by atoms with Gasteiger partial charge in [0.2, 0.25) is 0 Å². The summed E-state index contributed by atoms with van der Waals surface area (Å²) in [5, 5.41) is 12.6. The fraction of sp³-hybridized carbons (Fsp3) is 0.857. The quantitative estimate of drug-likeness (QED) is 0.889. The summed E-state index contributed by atoms with van der Waals surface area (Å²) in [6, 6.07) is 0.434. The van der Waals surface area contributed by atoms with E-state index in [0.29, 0.717) is 6.04 Å². The van der Waals surface area contributed by atoms with E-state index in [2.05, 4.69) is 27.0 Å². The van der Waals surface area contributed by atoms with Crippen LogP contribution < -0.4 is 5.32 Å². The van der Waals surface area contributed by atoms with Gasteiger partial charge in [-0.05, 0) is 31.1 Å². The molecule has 0 amide bonds. The Balaban J connectivity index is 1.62. The van der Waals surface area contributed by atoms with Crippen molar-refractivity contribution in [3.8, 4) is 0 Å². The lowest BCUT2D eigenvalue weighted by Crippen LogP contribution is -2.34. The Morgan fingerprint density at radius 3 is 2.78 bits per heavy atom. The average molecular weight is 246 g/mol. The van der Waals surface area contributed by atoms with Gasteiger partial charge in [0.25, 0.3) is 0 Å². The predicted molar refractivity (Wildman–Crippen MR) is 69.2 cm³/mol. The highest BCUT2D eigenvalue weighted by molar-refractivity contribution is 5.20. The molecular formula is C14H22N4. The summed E-state index contributed by atoms with van der Waals surface area (Å²) >= 11 is 0. The Kier molecular flexibility index (Phi) is 2.47. The Bertz CT molecular complexity index is 443. The first-order valence-electron chi connectivity index (χ1n) is 7.56. The molecule has 4 nitrogen and oxygen atoms in total. The Hall–Kier alpha value is -0.900. The van der Waals surface area contributed by atoms with E-state index >= 15 is 0 Å². The Morgan fingerprint density at radius 1 is 1.22 bits per heavy atom. The number of fused-ring (bicyclic) bond motifs is 2. The van der Waals surface area contributed by atoms with Crippen molar-refractivity contribution in [1.29, 1.82) is 0 Å². The van der Waals surface area contributed by atoms with Gasteiger partial charge in [0.05, 0.1) is 6.04 Å². The molecule has 3 unspecified atom stereocenters. The zero-order valence-electron chi connectivity index (χ0n) is 11.1. The van der Waals surface area contributed by atoms with Crippen molar-refractivity contribution in [2.75, 3.05) is 6.54 Å². The molecule has 2 fully saturated rings. The van der Waals surface area contributed by atoms with E-state index in [0.717, 1.165) is 30.8 Å². The SMILES string of the molecule is CCCC1NCCn2c1nnc2C1C2CCCC21. The molecule has 3 aliphatic rings. The first-order valence-corrected chi connectivity index (χ1v) is 7.56. The molecule has 1 aliphatic heterocycles. The van der Waals surface area contributed by atoms with Crippen LogP contribution in [0, 0.1) is 11.8 Å². The maximum absolute atomic E-state index is 4.55. The number of hydrogen-bond acceptors (Lipinski definition) is 3. The smallest absolute Gasteiger partial charge is 0.150 e. The summed E-state index contributed by atoms with van der Waals surface area (Å²) in [5.41, 5.74) is 0. The summed E-state index contributed by atoms with van der Waals surface area (Å²) in [4.78, 5) is 0. The van der Waals surface area contributed by atoms with Crippen molar-refractivity contribution in [1.82, 2.24) is 20.1 Å². The summed E-state index contributed by atoms with van der Waals surface area (Å²) in [5.74, 6) is 5.14. The second-order valence-corrected chi connectivity index (χ2v) is 6.15. The molecule has 0 aromatic carbocycles. The topological polar surface area (TPSA) is 42.7 Å². The summed E-state index contributed by atoms with van der Waals surface area (Å²) in [6.45, 7) is 4.38. The second-order valence-electron chi connectivity index (χ2n) is 6.15. The summed E-state index contributed by atoms with van der Waals surface area (Å²) in [7, 11) is 0. The van der Waals surface area contributed by atoms with E-state index in [-0.39, 0.29) is 0 Å². The van der Waals surface area contributed by atoms with E-state index in [9.17, 15) is 0 Å². The standard InChI is InChI=1S/C14H22N4/c1-2-4-11-13-16-17-14(18(13)8-7-15-11)12-9-5-3-6-10(9)12/h9-12,15H,2-8H2,1H3. The molecular weight excluding hydrogens is 224 g/mol. The third-order valence-electron chi connectivity index (χ3n) is 5.13. The lowest BCUT2D eigenvalue weighted by Gasteiger charge is -2.25. The number of hydrogen-bond donors (Lipinski definition) is 1. The number of nitrogens with zero attached hydrogens (tertiary/aromatic N) is 3. The van der Waals surface area contributed by atoms with E-state index in [1.165, 1.54) is 43.8 Å². The molecule has 2 heterocycles. The van der Waals surface area contributed by atoms with Crippen molar-refractivity contribution in [3.05, 3.63) is 11.6 Å². The zero-order chi connectivity index (χ0) is 12.1. The van der Waals surface area contributed by atoms with Gasteiger partial charge < -0.3 is 9.88 Å². The fourth-order valence-corrected chi connectivity index (χ4v) is 4.23. The van der Waals surface area contributed by atoms with Gasteiger partial charge in [0, 0.05) is 19.0 Å². The molecule has 0 bridgehead atoms. The van der Waals surface area contributed by atoms with Gasteiger partial charge in [-0.2, -0.15) is 0 Å². The van der Waals surface area contributed by atoms with Gasteiger partial charge in [-0.1, -0.05) is 19.8 Å². The third kappa shape index (κ3) is 1.48. The van der Waals surface area contributed by atoms with Crippen LogP contribution in [0.25, 0.3) is 0 Å². The lowest BCUT2D eigenvalue weighted by molar-refractivity contribution is 0.386. The van der Waals surface area contributed by atoms with Crippen molar-refractivity contribution in [2.45, 2.75) is 57.5 Å². The van der Waals surface area contributed by atoms with Crippen LogP contribution in [-0.2, 0) is 6.54 Å². The molecule has 0 radical (unpaired) electrons. The molecule has 0 spiro atoms. The van der Waals surface area contributed by atoms with Gasteiger partial charge in [-0.25, -0.2) is 0 Å². The predicted octanol–water partition coefficient (Wildman–Crippen LogP) is 2.24. The first kappa shape index (κ1) is 11.0. The average Bonchev–Trinajstić information content (AvgIpc) is 2.82.